The van der Waals surface area contributed by atoms with Gasteiger partial charge in [-0.3, -0.25) is 0 Å². The Morgan fingerprint density at radius 2 is 1.10 bits per heavy atom. The van der Waals surface area contributed by atoms with E-state index < -0.39 is 7.14 Å². The molecule has 3 aromatic rings. The van der Waals surface area contributed by atoms with Crippen LogP contribution in [-0.4, -0.2) is 0 Å². The third-order valence-corrected chi connectivity index (χ3v) is 6.66. The normalized spacial score (nSPS) is 11.3. The smallest absolute Gasteiger partial charge is 0.171 e. The fourth-order valence-electron chi connectivity index (χ4n) is 2.55. The van der Waals surface area contributed by atoms with Gasteiger partial charge in [0.1, 0.15) is 0 Å². The summed E-state index contributed by atoms with van der Waals surface area (Å²) in [6.07, 6.45) is 0. The number of aryl methyl sites for hydroxylation is 1. The zero-order chi connectivity index (χ0) is 14.7. The SMILES string of the molecule is Cc1cccc(P(=O)(c2ccccc2)c2ccccc2)c1. The standard InChI is InChI=1S/C19H17OP/c1-16-9-8-14-19(15-16)21(20,17-10-4-2-5-11-17)18-12-6-3-7-13-18/h2-15H,1H3. The highest BCUT2D eigenvalue weighted by Gasteiger charge is 2.29. The Morgan fingerprint density at radius 3 is 1.57 bits per heavy atom. The number of hydrogen-bond donors (Lipinski definition) is 0. The van der Waals surface area contributed by atoms with Gasteiger partial charge in [0.2, 0.25) is 0 Å². The maximum absolute atomic E-state index is 14.0. The summed E-state index contributed by atoms with van der Waals surface area (Å²) < 4.78 is 14.0. The Balaban J connectivity index is 2.29. The van der Waals surface area contributed by atoms with E-state index in [1.807, 2.05) is 91.9 Å². The first kappa shape index (κ1) is 13.9. The Bertz CT molecular complexity index is 735. The van der Waals surface area contributed by atoms with Crippen molar-refractivity contribution in [1.29, 1.82) is 0 Å². The minimum atomic E-state index is -2.80. The van der Waals surface area contributed by atoms with Gasteiger partial charge in [-0.25, -0.2) is 0 Å². The van der Waals surface area contributed by atoms with Crippen molar-refractivity contribution in [3.63, 3.8) is 0 Å². The van der Waals surface area contributed by atoms with Crippen LogP contribution in [0.5, 0.6) is 0 Å². The molecule has 0 heterocycles. The van der Waals surface area contributed by atoms with Crippen molar-refractivity contribution in [2.75, 3.05) is 0 Å². The highest BCUT2D eigenvalue weighted by atomic mass is 31.2. The van der Waals surface area contributed by atoms with Gasteiger partial charge in [-0.2, -0.15) is 0 Å². The summed E-state index contributed by atoms with van der Waals surface area (Å²) in [5.74, 6) is 0. The molecule has 0 aliphatic rings. The van der Waals surface area contributed by atoms with Crippen molar-refractivity contribution in [2.45, 2.75) is 6.92 Å². The molecule has 1 nitrogen and oxygen atoms in total. The largest absolute Gasteiger partial charge is 0.309 e. The molecule has 3 aromatic carbocycles. The molecule has 0 aliphatic heterocycles. The molecule has 0 aromatic heterocycles. The van der Waals surface area contributed by atoms with Crippen LogP contribution in [0.3, 0.4) is 0 Å². The van der Waals surface area contributed by atoms with Crippen LogP contribution in [0.25, 0.3) is 0 Å². The Hall–Kier alpha value is -2.11. The molecule has 0 aliphatic carbocycles. The van der Waals surface area contributed by atoms with Crippen LogP contribution >= 0.6 is 7.14 Å². The van der Waals surface area contributed by atoms with Crippen LogP contribution in [0.2, 0.25) is 0 Å². The van der Waals surface area contributed by atoms with Crippen LogP contribution in [0.4, 0.5) is 0 Å². The second-order valence-electron chi connectivity index (χ2n) is 5.12. The molecule has 2 heteroatoms. The highest BCUT2D eigenvalue weighted by molar-refractivity contribution is 7.85. The lowest BCUT2D eigenvalue weighted by molar-refractivity contribution is 0.592. The van der Waals surface area contributed by atoms with Crippen LogP contribution in [-0.2, 0) is 4.57 Å². The van der Waals surface area contributed by atoms with Gasteiger partial charge >= 0.3 is 0 Å². The van der Waals surface area contributed by atoms with Crippen LogP contribution < -0.4 is 15.9 Å². The van der Waals surface area contributed by atoms with E-state index in [-0.39, 0.29) is 0 Å². The van der Waals surface area contributed by atoms with Gasteiger partial charge < -0.3 is 4.57 Å². The molecular weight excluding hydrogens is 275 g/mol. The highest BCUT2D eigenvalue weighted by Crippen LogP contribution is 2.42. The van der Waals surface area contributed by atoms with Crippen molar-refractivity contribution >= 4 is 23.1 Å². The molecule has 0 amide bonds. The van der Waals surface area contributed by atoms with E-state index in [0.717, 1.165) is 21.5 Å². The molecule has 21 heavy (non-hydrogen) atoms. The van der Waals surface area contributed by atoms with Gasteiger partial charge in [-0.15, -0.1) is 0 Å². The van der Waals surface area contributed by atoms with Gasteiger partial charge in [0.15, 0.2) is 7.14 Å². The van der Waals surface area contributed by atoms with E-state index in [2.05, 4.69) is 0 Å². The Kier molecular flexibility index (Phi) is 3.77. The first-order valence-electron chi connectivity index (χ1n) is 7.00. The average molecular weight is 292 g/mol. The minimum absolute atomic E-state index is 0.877. The predicted molar refractivity (Wildman–Crippen MR) is 90.6 cm³/mol. The molecule has 0 atom stereocenters. The monoisotopic (exact) mass is 292 g/mol. The maximum atomic E-state index is 14.0. The lowest BCUT2D eigenvalue weighted by Crippen LogP contribution is -2.25. The molecule has 0 radical (unpaired) electrons. The maximum Gasteiger partial charge on any atom is 0.171 e. The lowest BCUT2D eigenvalue weighted by atomic mass is 10.2. The first-order chi connectivity index (χ1) is 10.2. The molecule has 0 bridgehead atoms. The Labute approximate surface area is 125 Å². The zero-order valence-corrected chi connectivity index (χ0v) is 12.8. The molecule has 0 N–H and O–H groups in total. The van der Waals surface area contributed by atoms with Crippen LogP contribution in [0, 0.1) is 6.92 Å². The molecular formula is C19H17OP. The zero-order valence-electron chi connectivity index (χ0n) is 11.9. The second-order valence-corrected chi connectivity index (χ2v) is 7.89. The average Bonchev–Trinajstić information content (AvgIpc) is 2.56. The van der Waals surface area contributed by atoms with Crippen molar-refractivity contribution < 1.29 is 4.57 Å². The molecule has 0 saturated carbocycles. The summed E-state index contributed by atoms with van der Waals surface area (Å²) in [4.78, 5) is 0. The van der Waals surface area contributed by atoms with E-state index >= 15 is 0 Å². The van der Waals surface area contributed by atoms with Crippen molar-refractivity contribution in [1.82, 2.24) is 0 Å². The van der Waals surface area contributed by atoms with Crippen LogP contribution in [0.1, 0.15) is 5.56 Å². The summed E-state index contributed by atoms with van der Waals surface area (Å²) in [5.41, 5.74) is 1.12. The number of rotatable bonds is 3. The third kappa shape index (κ3) is 2.57. The third-order valence-electron chi connectivity index (χ3n) is 3.60. The topological polar surface area (TPSA) is 17.1 Å². The van der Waals surface area contributed by atoms with Crippen molar-refractivity contribution in [3.05, 3.63) is 90.5 Å². The molecule has 3 rings (SSSR count). The van der Waals surface area contributed by atoms with E-state index in [4.69, 9.17) is 0 Å². The number of benzene rings is 3. The van der Waals surface area contributed by atoms with E-state index in [1.165, 1.54) is 0 Å². The Morgan fingerprint density at radius 1 is 0.619 bits per heavy atom. The summed E-state index contributed by atoms with van der Waals surface area (Å²) in [7, 11) is -2.80. The number of hydrogen-bond acceptors (Lipinski definition) is 1. The first-order valence-corrected chi connectivity index (χ1v) is 8.70. The molecule has 104 valence electrons. The fraction of sp³-hybridized carbons (Fsp3) is 0.0526. The molecule has 0 fully saturated rings. The summed E-state index contributed by atoms with van der Waals surface area (Å²) in [5, 5.41) is 2.64. The summed E-state index contributed by atoms with van der Waals surface area (Å²) >= 11 is 0. The minimum Gasteiger partial charge on any atom is -0.309 e. The van der Waals surface area contributed by atoms with Gasteiger partial charge in [-0.1, -0.05) is 84.4 Å². The second kappa shape index (κ2) is 5.71. The predicted octanol–water partition coefficient (Wildman–Crippen LogP) is 3.63. The van der Waals surface area contributed by atoms with Gasteiger partial charge in [-0.05, 0) is 13.0 Å². The van der Waals surface area contributed by atoms with E-state index in [1.54, 1.807) is 0 Å². The van der Waals surface area contributed by atoms with Crippen molar-refractivity contribution in [3.8, 4) is 0 Å². The summed E-state index contributed by atoms with van der Waals surface area (Å²) in [6, 6.07) is 27.5. The molecule has 0 saturated heterocycles. The van der Waals surface area contributed by atoms with E-state index in [0.29, 0.717) is 0 Å². The van der Waals surface area contributed by atoms with Crippen LogP contribution in [0.15, 0.2) is 84.9 Å². The van der Waals surface area contributed by atoms with Crippen molar-refractivity contribution in [2.24, 2.45) is 0 Å². The van der Waals surface area contributed by atoms with E-state index in [9.17, 15) is 4.57 Å². The molecule has 0 unspecified atom stereocenters. The van der Waals surface area contributed by atoms with Gasteiger partial charge in [0, 0.05) is 15.9 Å². The fourth-order valence-corrected chi connectivity index (χ4v) is 5.31. The lowest BCUT2D eigenvalue weighted by Gasteiger charge is -2.20. The summed E-state index contributed by atoms with van der Waals surface area (Å²) in [6.45, 7) is 2.03. The quantitative estimate of drug-likeness (QED) is 0.674. The van der Waals surface area contributed by atoms with Gasteiger partial charge in [0.05, 0.1) is 0 Å². The van der Waals surface area contributed by atoms with Gasteiger partial charge in [0.25, 0.3) is 0 Å². The molecule has 0 spiro atoms.